The van der Waals surface area contributed by atoms with E-state index in [1.807, 2.05) is 48.5 Å². The first-order valence-electron chi connectivity index (χ1n) is 7.98. The second-order valence-electron chi connectivity index (χ2n) is 5.44. The van der Waals surface area contributed by atoms with Gasteiger partial charge >= 0.3 is 6.03 Å². The SMILES string of the molecule is COc1ccc(CN(Cc2ccc(OC)cc2)C(=O)NCN=C=O)cc1. The minimum Gasteiger partial charge on any atom is -0.497 e. The Bertz CT molecular complexity index is 704. The predicted octanol–water partition coefficient (Wildman–Crippen LogP) is 2.71. The highest BCUT2D eigenvalue weighted by atomic mass is 16.5. The minimum atomic E-state index is -0.323. The van der Waals surface area contributed by atoms with E-state index in [1.54, 1.807) is 19.1 Å². The Balaban J connectivity index is 2.13. The topological polar surface area (TPSA) is 80.2 Å². The number of hydrogen-bond donors (Lipinski definition) is 1. The molecule has 7 nitrogen and oxygen atoms in total. The van der Waals surface area contributed by atoms with Gasteiger partial charge in [-0.1, -0.05) is 24.3 Å². The molecule has 136 valence electrons. The maximum absolute atomic E-state index is 12.4. The molecule has 0 aliphatic rings. The fourth-order valence-electron chi connectivity index (χ4n) is 2.35. The van der Waals surface area contributed by atoms with Crippen molar-refractivity contribution in [1.29, 1.82) is 0 Å². The van der Waals surface area contributed by atoms with Crippen LogP contribution in [0.4, 0.5) is 4.79 Å². The number of ether oxygens (including phenoxy) is 2. The predicted molar refractivity (Wildman–Crippen MR) is 96.8 cm³/mol. The lowest BCUT2D eigenvalue weighted by atomic mass is 10.1. The van der Waals surface area contributed by atoms with Crippen LogP contribution in [0, 0.1) is 0 Å². The number of nitrogens with zero attached hydrogens (tertiary/aromatic N) is 2. The fourth-order valence-corrected chi connectivity index (χ4v) is 2.35. The Labute approximate surface area is 152 Å². The molecule has 2 aromatic carbocycles. The van der Waals surface area contributed by atoms with Gasteiger partial charge in [-0.05, 0) is 35.4 Å². The zero-order valence-corrected chi connectivity index (χ0v) is 14.8. The molecule has 2 rings (SSSR count). The van der Waals surface area contributed by atoms with Crippen molar-refractivity contribution >= 4 is 12.1 Å². The van der Waals surface area contributed by atoms with Crippen molar-refractivity contribution in [3.05, 3.63) is 59.7 Å². The summed E-state index contributed by atoms with van der Waals surface area (Å²) in [5, 5.41) is 2.58. The largest absolute Gasteiger partial charge is 0.497 e. The average molecular weight is 355 g/mol. The Morgan fingerprint density at radius 1 is 0.962 bits per heavy atom. The summed E-state index contributed by atoms with van der Waals surface area (Å²) < 4.78 is 10.3. The second kappa shape index (κ2) is 9.86. The summed E-state index contributed by atoms with van der Waals surface area (Å²) >= 11 is 0. The number of hydrogen-bond acceptors (Lipinski definition) is 5. The van der Waals surface area contributed by atoms with E-state index in [4.69, 9.17) is 9.47 Å². The van der Waals surface area contributed by atoms with E-state index in [0.717, 1.165) is 22.6 Å². The molecule has 2 aromatic rings. The van der Waals surface area contributed by atoms with E-state index < -0.39 is 0 Å². The molecule has 0 bridgehead atoms. The molecule has 26 heavy (non-hydrogen) atoms. The Morgan fingerprint density at radius 2 is 1.42 bits per heavy atom. The molecular formula is C19H21N3O4. The molecule has 0 aromatic heterocycles. The maximum atomic E-state index is 12.4. The van der Waals surface area contributed by atoms with Gasteiger partial charge in [0.1, 0.15) is 18.2 Å². The molecule has 1 N–H and O–H groups in total. The van der Waals surface area contributed by atoms with Gasteiger partial charge in [0.2, 0.25) is 6.08 Å². The number of isocyanates is 1. The van der Waals surface area contributed by atoms with E-state index >= 15 is 0 Å². The quantitative estimate of drug-likeness (QED) is 0.583. The molecule has 0 unspecified atom stereocenters. The fraction of sp³-hybridized carbons (Fsp3) is 0.263. The van der Waals surface area contributed by atoms with Crippen molar-refractivity contribution < 1.29 is 19.1 Å². The number of methoxy groups -OCH3 is 2. The van der Waals surface area contributed by atoms with Gasteiger partial charge in [-0.25, -0.2) is 9.59 Å². The molecule has 0 heterocycles. The van der Waals surface area contributed by atoms with Crippen molar-refractivity contribution in [1.82, 2.24) is 10.2 Å². The number of urea groups is 1. The van der Waals surface area contributed by atoms with E-state index in [-0.39, 0.29) is 12.7 Å². The van der Waals surface area contributed by atoms with E-state index in [2.05, 4.69) is 10.3 Å². The van der Waals surface area contributed by atoms with Crippen molar-refractivity contribution in [3.63, 3.8) is 0 Å². The molecule has 0 fully saturated rings. The van der Waals surface area contributed by atoms with Gasteiger partial charge in [0.15, 0.2) is 0 Å². The summed E-state index contributed by atoms with van der Waals surface area (Å²) in [4.78, 5) is 27.6. The van der Waals surface area contributed by atoms with Gasteiger partial charge in [-0.3, -0.25) is 0 Å². The van der Waals surface area contributed by atoms with Gasteiger partial charge in [-0.2, -0.15) is 4.99 Å². The van der Waals surface area contributed by atoms with Crippen LogP contribution in [0.1, 0.15) is 11.1 Å². The number of carbonyl (C=O) groups excluding carboxylic acids is 2. The highest BCUT2D eigenvalue weighted by Gasteiger charge is 2.14. The van der Waals surface area contributed by atoms with Crippen LogP contribution in [-0.2, 0) is 17.9 Å². The summed E-state index contributed by atoms with van der Waals surface area (Å²) in [6.07, 6.45) is 1.40. The summed E-state index contributed by atoms with van der Waals surface area (Å²) in [6, 6.07) is 14.6. The number of carbonyl (C=O) groups is 1. The van der Waals surface area contributed by atoms with Crippen LogP contribution in [0.2, 0.25) is 0 Å². The molecule has 0 saturated carbocycles. The molecule has 2 amide bonds. The molecule has 7 heteroatoms. The van der Waals surface area contributed by atoms with Crippen LogP contribution < -0.4 is 14.8 Å². The van der Waals surface area contributed by atoms with Crippen LogP contribution in [0.5, 0.6) is 11.5 Å². The van der Waals surface area contributed by atoms with Crippen molar-refractivity contribution in [2.45, 2.75) is 13.1 Å². The lowest BCUT2D eigenvalue weighted by molar-refractivity contribution is 0.192. The highest BCUT2D eigenvalue weighted by molar-refractivity contribution is 5.74. The lowest BCUT2D eigenvalue weighted by Gasteiger charge is -2.23. The van der Waals surface area contributed by atoms with E-state index in [0.29, 0.717) is 13.1 Å². The Morgan fingerprint density at radius 3 is 1.81 bits per heavy atom. The highest BCUT2D eigenvalue weighted by Crippen LogP contribution is 2.17. The first kappa shape index (κ1) is 19.0. The van der Waals surface area contributed by atoms with E-state index in [9.17, 15) is 9.59 Å². The number of amides is 2. The Kier molecular flexibility index (Phi) is 7.21. The number of rotatable bonds is 8. The summed E-state index contributed by atoms with van der Waals surface area (Å²) in [6.45, 7) is 0.684. The summed E-state index contributed by atoms with van der Waals surface area (Å²) in [5.41, 5.74) is 1.90. The third-order valence-corrected chi connectivity index (χ3v) is 3.73. The van der Waals surface area contributed by atoms with Crippen LogP contribution in [-0.4, -0.2) is 37.9 Å². The van der Waals surface area contributed by atoms with Gasteiger partial charge < -0.3 is 19.7 Å². The smallest absolute Gasteiger partial charge is 0.319 e. The molecular weight excluding hydrogens is 334 g/mol. The molecule has 0 saturated heterocycles. The monoisotopic (exact) mass is 355 g/mol. The molecule has 0 aliphatic heterocycles. The van der Waals surface area contributed by atoms with Crippen molar-refractivity contribution in [3.8, 4) is 11.5 Å². The van der Waals surface area contributed by atoms with E-state index in [1.165, 1.54) is 6.08 Å². The first-order chi connectivity index (χ1) is 12.7. The van der Waals surface area contributed by atoms with Gasteiger partial charge in [-0.15, -0.1) is 0 Å². The van der Waals surface area contributed by atoms with Crippen molar-refractivity contribution in [2.24, 2.45) is 4.99 Å². The number of benzene rings is 2. The second-order valence-corrected chi connectivity index (χ2v) is 5.44. The molecule has 0 spiro atoms. The normalized spacial score (nSPS) is 9.77. The van der Waals surface area contributed by atoms with Crippen LogP contribution in [0.15, 0.2) is 53.5 Å². The van der Waals surface area contributed by atoms with Crippen LogP contribution in [0.3, 0.4) is 0 Å². The summed E-state index contributed by atoms with van der Waals surface area (Å²) in [5.74, 6) is 1.50. The third kappa shape index (κ3) is 5.65. The van der Waals surface area contributed by atoms with Crippen LogP contribution in [0.25, 0.3) is 0 Å². The van der Waals surface area contributed by atoms with Crippen LogP contribution >= 0.6 is 0 Å². The zero-order chi connectivity index (χ0) is 18.8. The molecule has 0 atom stereocenters. The molecule has 0 aliphatic carbocycles. The zero-order valence-electron chi connectivity index (χ0n) is 14.8. The molecule has 0 radical (unpaired) electrons. The van der Waals surface area contributed by atoms with Gasteiger partial charge in [0.25, 0.3) is 0 Å². The summed E-state index contributed by atoms with van der Waals surface area (Å²) in [7, 11) is 3.21. The minimum absolute atomic E-state index is 0.107. The van der Waals surface area contributed by atoms with Crippen molar-refractivity contribution in [2.75, 3.05) is 20.9 Å². The number of nitrogens with one attached hydrogen (secondary N) is 1. The maximum Gasteiger partial charge on any atom is 0.319 e. The lowest BCUT2D eigenvalue weighted by Crippen LogP contribution is -2.39. The average Bonchev–Trinajstić information content (AvgIpc) is 2.68. The first-order valence-corrected chi connectivity index (χ1v) is 7.98. The van der Waals surface area contributed by atoms with Gasteiger partial charge in [0.05, 0.1) is 14.2 Å². The third-order valence-electron chi connectivity index (χ3n) is 3.73. The standard InChI is InChI=1S/C19H21N3O4/c1-25-17-7-3-15(4-8-17)11-22(19(24)21-13-20-14-23)12-16-5-9-18(26-2)10-6-16/h3-10H,11-13H2,1-2H3,(H,21,24). The van der Waals surface area contributed by atoms with Gasteiger partial charge in [0, 0.05) is 13.1 Å². The Hall–Kier alpha value is -3.31. The number of aliphatic imine (C=N–C) groups is 1.